The molecular weight excluding hydrogens is 238 g/mol. The second kappa shape index (κ2) is 6.38. The predicted molar refractivity (Wildman–Crippen MR) is 76.3 cm³/mol. The Balaban J connectivity index is 2.27. The van der Waals surface area contributed by atoms with Crippen molar-refractivity contribution in [3.05, 3.63) is 47.8 Å². The number of rotatable bonds is 6. The first-order chi connectivity index (χ1) is 9.26. The Hall–Kier alpha value is -1.81. The second-order valence-corrected chi connectivity index (χ2v) is 4.52. The first-order valence-electron chi connectivity index (χ1n) is 6.59. The third-order valence-electron chi connectivity index (χ3n) is 3.23. The van der Waals surface area contributed by atoms with Crippen molar-refractivity contribution in [3.8, 4) is 5.75 Å². The smallest absolute Gasteiger partial charge is 0.161 e. The van der Waals surface area contributed by atoms with Gasteiger partial charge in [0.2, 0.25) is 0 Å². The van der Waals surface area contributed by atoms with Crippen LogP contribution in [0.1, 0.15) is 24.2 Å². The van der Waals surface area contributed by atoms with E-state index in [1.165, 1.54) is 5.56 Å². The Bertz CT molecular complexity index is 507. The van der Waals surface area contributed by atoms with Crippen molar-refractivity contribution in [1.29, 1.82) is 0 Å². The van der Waals surface area contributed by atoms with Gasteiger partial charge in [-0.1, -0.05) is 37.3 Å². The minimum Gasteiger partial charge on any atom is -0.493 e. The standard InChI is InChI=1S/C15H21N3O/c1-4-16-13(10-12-8-6-5-7-9-12)15-14(19-3)11-17-18(15)2/h5-9,11,13,16H,4,10H2,1-3H3. The number of ether oxygens (including phenoxy) is 1. The molecule has 2 rings (SSSR count). The number of nitrogens with one attached hydrogen (secondary N) is 1. The fourth-order valence-corrected chi connectivity index (χ4v) is 2.34. The molecular formula is C15H21N3O. The maximum atomic E-state index is 5.41. The van der Waals surface area contributed by atoms with E-state index in [9.17, 15) is 0 Å². The number of hydrogen-bond donors (Lipinski definition) is 1. The van der Waals surface area contributed by atoms with Crippen LogP contribution in [0.2, 0.25) is 0 Å². The fourth-order valence-electron chi connectivity index (χ4n) is 2.34. The molecule has 4 heteroatoms. The molecule has 0 bridgehead atoms. The molecule has 4 nitrogen and oxygen atoms in total. The number of aromatic nitrogens is 2. The summed E-state index contributed by atoms with van der Waals surface area (Å²) in [5.74, 6) is 0.837. The van der Waals surface area contributed by atoms with Gasteiger partial charge in [-0.3, -0.25) is 4.68 Å². The number of nitrogens with zero attached hydrogens (tertiary/aromatic N) is 2. The Kier molecular flexibility index (Phi) is 4.58. The molecule has 0 radical (unpaired) electrons. The summed E-state index contributed by atoms with van der Waals surface area (Å²) in [6.45, 7) is 3.02. The maximum absolute atomic E-state index is 5.41. The van der Waals surface area contributed by atoms with E-state index >= 15 is 0 Å². The molecule has 0 aliphatic rings. The van der Waals surface area contributed by atoms with Gasteiger partial charge in [0.25, 0.3) is 0 Å². The lowest BCUT2D eigenvalue weighted by atomic mass is 10.0. The van der Waals surface area contributed by atoms with Crippen molar-refractivity contribution >= 4 is 0 Å². The van der Waals surface area contributed by atoms with Crippen molar-refractivity contribution in [2.75, 3.05) is 13.7 Å². The van der Waals surface area contributed by atoms with E-state index < -0.39 is 0 Å². The predicted octanol–water partition coefficient (Wildman–Crippen LogP) is 2.32. The van der Waals surface area contributed by atoms with Gasteiger partial charge in [0, 0.05) is 7.05 Å². The fraction of sp³-hybridized carbons (Fsp3) is 0.400. The average molecular weight is 259 g/mol. The van der Waals surface area contributed by atoms with E-state index in [1.54, 1.807) is 13.3 Å². The summed E-state index contributed by atoms with van der Waals surface area (Å²) in [7, 11) is 3.64. The number of methoxy groups -OCH3 is 1. The minimum atomic E-state index is 0.204. The maximum Gasteiger partial charge on any atom is 0.161 e. The molecule has 19 heavy (non-hydrogen) atoms. The normalized spacial score (nSPS) is 12.4. The molecule has 0 aliphatic heterocycles. The molecule has 0 spiro atoms. The number of aryl methyl sites for hydroxylation is 1. The summed E-state index contributed by atoms with van der Waals surface area (Å²) in [4.78, 5) is 0. The van der Waals surface area contributed by atoms with Gasteiger partial charge in [0.1, 0.15) is 0 Å². The summed E-state index contributed by atoms with van der Waals surface area (Å²) < 4.78 is 7.29. The lowest BCUT2D eigenvalue weighted by Crippen LogP contribution is -2.25. The molecule has 1 heterocycles. The van der Waals surface area contributed by atoms with E-state index in [0.29, 0.717) is 0 Å². The monoisotopic (exact) mass is 259 g/mol. The van der Waals surface area contributed by atoms with E-state index in [4.69, 9.17) is 4.74 Å². The summed E-state index contributed by atoms with van der Waals surface area (Å²) >= 11 is 0. The Morgan fingerprint density at radius 2 is 2.05 bits per heavy atom. The van der Waals surface area contributed by atoms with Crippen LogP contribution < -0.4 is 10.1 Å². The Morgan fingerprint density at radius 3 is 2.68 bits per heavy atom. The van der Waals surface area contributed by atoms with Crippen molar-refractivity contribution in [3.63, 3.8) is 0 Å². The van der Waals surface area contributed by atoms with Crippen LogP contribution in [0.25, 0.3) is 0 Å². The highest BCUT2D eigenvalue weighted by Crippen LogP contribution is 2.26. The van der Waals surface area contributed by atoms with Crippen LogP contribution in [0.3, 0.4) is 0 Å². The van der Waals surface area contributed by atoms with E-state index in [2.05, 4.69) is 41.6 Å². The van der Waals surface area contributed by atoms with Gasteiger partial charge < -0.3 is 10.1 Å². The minimum absolute atomic E-state index is 0.204. The molecule has 0 aliphatic carbocycles. The third kappa shape index (κ3) is 3.15. The molecule has 0 saturated heterocycles. The summed E-state index contributed by atoms with van der Waals surface area (Å²) in [6.07, 6.45) is 2.69. The molecule has 1 unspecified atom stereocenters. The van der Waals surface area contributed by atoms with Gasteiger partial charge in [0.05, 0.1) is 25.0 Å². The molecule has 102 valence electrons. The highest BCUT2D eigenvalue weighted by atomic mass is 16.5. The van der Waals surface area contributed by atoms with Crippen molar-refractivity contribution in [1.82, 2.24) is 15.1 Å². The number of benzene rings is 1. The highest BCUT2D eigenvalue weighted by Gasteiger charge is 2.20. The Morgan fingerprint density at radius 1 is 1.32 bits per heavy atom. The van der Waals surface area contributed by atoms with Crippen molar-refractivity contribution in [2.45, 2.75) is 19.4 Å². The van der Waals surface area contributed by atoms with Crippen LogP contribution in [0, 0.1) is 0 Å². The molecule has 1 aromatic heterocycles. The Labute approximate surface area is 114 Å². The summed E-state index contributed by atoms with van der Waals surface area (Å²) in [5.41, 5.74) is 2.39. The van der Waals surface area contributed by atoms with Crippen LogP contribution in [0.4, 0.5) is 0 Å². The summed E-state index contributed by atoms with van der Waals surface area (Å²) in [6, 6.07) is 10.7. The lowest BCUT2D eigenvalue weighted by molar-refractivity contribution is 0.394. The molecule has 0 fully saturated rings. The average Bonchev–Trinajstić information content (AvgIpc) is 2.80. The van der Waals surface area contributed by atoms with Gasteiger partial charge in [0.15, 0.2) is 5.75 Å². The zero-order valence-electron chi connectivity index (χ0n) is 11.8. The van der Waals surface area contributed by atoms with Crippen LogP contribution in [-0.4, -0.2) is 23.4 Å². The van der Waals surface area contributed by atoms with Gasteiger partial charge in [-0.15, -0.1) is 0 Å². The summed E-state index contributed by atoms with van der Waals surface area (Å²) in [5, 5.41) is 7.79. The zero-order valence-corrected chi connectivity index (χ0v) is 11.8. The van der Waals surface area contributed by atoms with Crippen molar-refractivity contribution in [2.24, 2.45) is 7.05 Å². The quantitative estimate of drug-likeness (QED) is 0.865. The van der Waals surface area contributed by atoms with Gasteiger partial charge in [-0.25, -0.2) is 0 Å². The second-order valence-electron chi connectivity index (χ2n) is 4.52. The van der Waals surface area contributed by atoms with E-state index in [-0.39, 0.29) is 6.04 Å². The van der Waals surface area contributed by atoms with Gasteiger partial charge in [-0.2, -0.15) is 5.10 Å². The molecule has 2 aromatic rings. The van der Waals surface area contributed by atoms with Crippen LogP contribution in [0.15, 0.2) is 36.5 Å². The topological polar surface area (TPSA) is 39.1 Å². The zero-order chi connectivity index (χ0) is 13.7. The third-order valence-corrected chi connectivity index (χ3v) is 3.23. The first kappa shape index (κ1) is 13.6. The first-order valence-corrected chi connectivity index (χ1v) is 6.59. The lowest BCUT2D eigenvalue weighted by Gasteiger charge is -2.19. The highest BCUT2D eigenvalue weighted by molar-refractivity contribution is 5.30. The van der Waals surface area contributed by atoms with E-state index in [1.807, 2.05) is 17.8 Å². The molecule has 1 atom stereocenters. The van der Waals surface area contributed by atoms with Gasteiger partial charge in [-0.05, 0) is 18.5 Å². The van der Waals surface area contributed by atoms with Crippen LogP contribution in [0.5, 0.6) is 5.75 Å². The van der Waals surface area contributed by atoms with Crippen LogP contribution >= 0.6 is 0 Å². The SMILES string of the molecule is CCNC(Cc1ccccc1)c1c(OC)cnn1C. The molecule has 1 aromatic carbocycles. The molecule has 0 amide bonds. The van der Waals surface area contributed by atoms with E-state index in [0.717, 1.165) is 24.4 Å². The number of hydrogen-bond acceptors (Lipinski definition) is 3. The largest absolute Gasteiger partial charge is 0.493 e. The number of likely N-dealkylation sites (N-methyl/N-ethyl adjacent to an activating group) is 1. The molecule has 0 saturated carbocycles. The van der Waals surface area contributed by atoms with Crippen LogP contribution in [-0.2, 0) is 13.5 Å². The van der Waals surface area contributed by atoms with Gasteiger partial charge >= 0.3 is 0 Å². The molecule has 1 N–H and O–H groups in total. The van der Waals surface area contributed by atoms with Crippen molar-refractivity contribution < 1.29 is 4.74 Å².